The maximum Gasteiger partial charge on any atom is 0.262 e. The second-order valence-electron chi connectivity index (χ2n) is 6.78. The van der Waals surface area contributed by atoms with Crippen LogP contribution in [0.2, 0.25) is 0 Å². The van der Waals surface area contributed by atoms with Crippen LogP contribution in [-0.2, 0) is 0 Å². The molecule has 0 radical (unpaired) electrons. The van der Waals surface area contributed by atoms with Gasteiger partial charge in [-0.3, -0.25) is 9.69 Å². The van der Waals surface area contributed by atoms with Crippen molar-refractivity contribution in [3.05, 3.63) is 35.4 Å². The maximum absolute atomic E-state index is 13.6. The monoisotopic (exact) mass is 349 g/mol. The van der Waals surface area contributed by atoms with Crippen LogP contribution in [0.4, 0.5) is 8.78 Å². The summed E-state index contributed by atoms with van der Waals surface area (Å²) in [5, 5.41) is 18.3. The summed E-state index contributed by atoms with van der Waals surface area (Å²) in [5.74, 6) is -2.89. The van der Waals surface area contributed by atoms with Crippen LogP contribution in [-0.4, -0.2) is 65.1 Å². The van der Waals surface area contributed by atoms with E-state index in [1.165, 1.54) is 0 Å². The molecule has 7 heteroatoms. The van der Waals surface area contributed by atoms with E-state index in [-0.39, 0.29) is 31.5 Å². The number of alkyl halides is 2. The van der Waals surface area contributed by atoms with Gasteiger partial charge >= 0.3 is 0 Å². The van der Waals surface area contributed by atoms with Crippen molar-refractivity contribution in [2.24, 2.45) is 0 Å². The number of halogens is 2. The molecule has 1 N–H and O–H groups in total. The Morgan fingerprint density at radius 3 is 2.72 bits per heavy atom. The van der Waals surface area contributed by atoms with Gasteiger partial charge in [-0.25, -0.2) is 8.78 Å². The molecule has 2 saturated heterocycles. The lowest BCUT2D eigenvalue weighted by atomic mass is 10.0. The number of amides is 1. The van der Waals surface area contributed by atoms with E-state index in [9.17, 15) is 18.7 Å². The number of carbonyl (C=O) groups excluding carboxylic acids is 1. The first-order valence-corrected chi connectivity index (χ1v) is 8.47. The van der Waals surface area contributed by atoms with E-state index in [1.807, 2.05) is 6.07 Å². The van der Waals surface area contributed by atoms with Crippen LogP contribution >= 0.6 is 0 Å². The molecule has 5 nitrogen and oxygen atoms in total. The molecule has 1 amide bonds. The topological polar surface area (TPSA) is 67.6 Å². The largest absolute Gasteiger partial charge is 0.395 e. The van der Waals surface area contributed by atoms with Crippen molar-refractivity contribution in [1.82, 2.24) is 9.80 Å². The van der Waals surface area contributed by atoms with E-state index in [2.05, 4.69) is 0 Å². The van der Waals surface area contributed by atoms with Gasteiger partial charge < -0.3 is 10.0 Å². The second kappa shape index (κ2) is 7.06. The number of benzene rings is 1. The molecule has 2 aliphatic rings. The van der Waals surface area contributed by atoms with Crippen LogP contribution in [0, 0.1) is 11.3 Å². The number of rotatable bonds is 3. The first-order chi connectivity index (χ1) is 11.9. The zero-order chi connectivity index (χ0) is 18.0. The van der Waals surface area contributed by atoms with Gasteiger partial charge in [0.2, 0.25) is 0 Å². The predicted octanol–water partition coefficient (Wildman–Crippen LogP) is 1.86. The minimum atomic E-state index is -2.75. The third-order valence-corrected chi connectivity index (χ3v) is 5.09. The van der Waals surface area contributed by atoms with Crippen LogP contribution in [0.15, 0.2) is 24.3 Å². The Morgan fingerprint density at radius 2 is 2.08 bits per heavy atom. The standard InChI is InChI=1S/C18H21F2N3O2/c19-18(20)9-16(11-24)23(12-18)15-4-6-22(7-5-15)17(25)14-3-1-2-13(8-14)10-21/h1-3,8,15-16,24H,4-7,9,11-12H2/t16-/m0/s1. The number of nitrogens with zero attached hydrogens (tertiary/aromatic N) is 3. The molecule has 0 aliphatic carbocycles. The molecule has 1 aromatic carbocycles. The molecule has 2 fully saturated rings. The van der Waals surface area contributed by atoms with Gasteiger partial charge in [0.1, 0.15) is 0 Å². The minimum Gasteiger partial charge on any atom is -0.395 e. The normalized spacial score (nSPS) is 24.2. The smallest absolute Gasteiger partial charge is 0.262 e. The Kier molecular flexibility index (Phi) is 5.02. The quantitative estimate of drug-likeness (QED) is 0.905. The Bertz CT molecular complexity index is 681. The lowest BCUT2D eigenvalue weighted by Gasteiger charge is -2.38. The summed E-state index contributed by atoms with van der Waals surface area (Å²) in [6.07, 6.45) is 0.913. The van der Waals surface area contributed by atoms with Crippen LogP contribution in [0.3, 0.4) is 0 Å². The van der Waals surface area contributed by atoms with Crippen molar-refractivity contribution < 1.29 is 18.7 Å². The molecular formula is C18H21F2N3O2. The van der Waals surface area contributed by atoms with Crippen molar-refractivity contribution >= 4 is 5.91 Å². The molecule has 25 heavy (non-hydrogen) atoms. The fourth-order valence-corrected chi connectivity index (χ4v) is 3.82. The molecule has 3 rings (SSSR count). The van der Waals surface area contributed by atoms with Gasteiger partial charge in [-0.05, 0) is 31.0 Å². The molecule has 0 aromatic heterocycles. The highest BCUT2D eigenvalue weighted by atomic mass is 19.3. The van der Waals surface area contributed by atoms with Gasteiger partial charge in [-0.1, -0.05) is 6.07 Å². The molecular weight excluding hydrogens is 328 g/mol. The molecule has 2 heterocycles. The fourth-order valence-electron chi connectivity index (χ4n) is 3.82. The number of aliphatic hydroxyl groups excluding tert-OH is 1. The lowest BCUT2D eigenvalue weighted by molar-refractivity contribution is 0.00297. The third-order valence-electron chi connectivity index (χ3n) is 5.09. The van der Waals surface area contributed by atoms with E-state index in [1.54, 1.807) is 34.1 Å². The van der Waals surface area contributed by atoms with E-state index < -0.39 is 12.0 Å². The molecule has 0 unspecified atom stereocenters. The molecule has 0 saturated carbocycles. The van der Waals surface area contributed by atoms with Gasteiger partial charge in [-0.15, -0.1) is 0 Å². The van der Waals surface area contributed by atoms with Gasteiger partial charge in [-0.2, -0.15) is 5.26 Å². The maximum atomic E-state index is 13.6. The third kappa shape index (κ3) is 3.80. The fraction of sp³-hybridized carbons (Fsp3) is 0.556. The van der Waals surface area contributed by atoms with Crippen molar-refractivity contribution in [3.63, 3.8) is 0 Å². The molecule has 1 atom stereocenters. The Morgan fingerprint density at radius 1 is 1.36 bits per heavy atom. The number of hydrogen-bond donors (Lipinski definition) is 1. The van der Waals surface area contributed by atoms with Crippen molar-refractivity contribution in [1.29, 1.82) is 5.26 Å². The Balaban J connectivity index is 1.62. The summed E-state index contributed by atoms with van der Waals surface area (Å²) in [7, 11) is 0. The molecule has 2 aliphatic heterocycles. The number of carbonyl (C=O) groups is 1. The van der Waals surface area contributed by atoms with Crippen molar-refractivity contribution in [2.45, 2.75) is 37.3 Å². The Labute approximate surface area is 145 Å². The van der Waals surface area contributed by atoms with Gasteiger partial charge in [0.15, 0.2) is 0 Å². The average Bonchev–Trinajstić information content (AvgIpc) is 2.96. The highest BCUT2D eigenvalue weighted by molar-refractivity contribution is 5.94. The van der Waals surface area contributed by atoms with Gasteiger partial charge in [0, 0.05) is 37.2 Å². The molecule has 0 spiro atoms. The first kappa shape index (κ1) is 17.8. The number of hydrogen-bond acceptors (Lipinski definition) is 4. The molecule has 0 bridgehead atoms. The summed E-state index contributed by atoms with van der Waals surface area (Å²) in [6, 6.07) is 8.04. The number of piperidine rings is 1. The first-order valence-electron chi connectivity index (χ1n) is 8.47. The van der Waals surface area contributed by atoms with Crippen LogP contribution in [0.5, 0.6) is 0 Å². The van der Waals surface area contributed by atoms with E-state index in [0.29, 0.717) is 37.1 Å². The number of likely N-dealkylation sites (tertiary alicyclic amines) is 2. The highest BCUT2D eigenvalue weighted by Gasteiger charge is 2.47. The minimum absolute atomic E-state index is 0.0417. The number of nitriles is 1. The zero-order valence-electron chi connectivity index (χ0n) is 13.9. The van der Waals surface area contributed by atoms with E-state index in [0.717, 1.165) is 0 Å². The van der Waals surface area contributed by atoms with E-state index >= 15 is 0 Å². The highest BCUT2D eigenvalue weighted by Crippen LogP contribution is 2.35. The SMILES string of the molecule is N#Cc1cccc(C(=O)N2CCC(N3CC(F)(F)C[C@H]3CO)CC2)c1. The summed E-state index contributed by atoms with van der Waals surface area (Å²) in [6.45, 7) is 0.387. The average molecular weight is 349 g/mol. The Hall–Kier alpha value is -2.04. The lowest BCUT2D eigenvalue weighted by Crippen LogP contribution is -2.49. The summed E-state index contributed by atoms with van der Waals surface area (Å²) in [4.78, 5) is 16.0. The van der Waals surface area contributed by atoms with Crippen LogP contribution in [0.1, 0.15) is 35.2 Å². The summed E-state index contributed by atoms with van der Waals surface area (Å²) >= 11 is 0. The summed E-state index contributed by atoms with van der Waals surface area (Å²) in [5.41, 5.74) is 0.907. The predicted molar refractivity (Wildman–Crippen MR) is 87.2 cm³/mol. The zero-order valence-corrected chi connectivity index (χ0v) is 13.9. The van der Waals surface area contributed by atoms with E-state index in [4.69, 9.17) is 5.26 Å². The molecule has 134 valence electrons. The summed E-state index contributed by atoms with van der Waals surface area (Å²) < 4.78 is 27.3. The number of aliphatic hydroxyl groups is 1. The second-order valence-corrected chi connectivity index (χ2v) is 6.78. The molecule has 1 aromatic rings. The van der Waals surface area contributed by atoms with Crippen molar-refractivity contribution in [2.75, 3.05) is 26.2 Å². The van der Waals surface area contributed by atoms with Gasteiger partial charge in [0.25, 0.3) is 11.8 Å². The van der Waals surface area contributed by atoms with Crippen LogP contribution in [0.25, 0.3) is 0 Å². The van der Waals surface area contributed by atoms with Crippen LogP contribution < -0.4 is 0 Å². The van der Waals surface area contributed by atoms with Crippen molar-refractivity contribution in [3.8, 4) is 6.07 Å². The van der Waals surface area contributed by atoms with Gasteiger partial charge in [0.05, 0.1) is 24.8 Å².